The van der Waals surface area contributed by atoms with E-state index in [1.165, 1.54) is 5.69 Å². The molecule has 1 saturated heterocycles. The zero-order valence-electron chi connectivity index (χ0n) is 14.2. The zero-order valence-corrected chi connectivity index (χ0v) is 14.2. The molecule has 0 saturated carbocycles. The molecule has 3 aromatic heterocycles. The number of hydrogen-bond acceptors (Lipinski definition) is 4. The van der Waals surface area contributed by atoms with Crippen molar-refractivity contribution < 1.29 is 9.21 Å². The molecule has 0 aromatic carbocycles. The Hall–Kier alpha value is -2.63. The lowest BCUT2D eigenvalue weighted by atomic mass is 9.98. The molecule has 5 heterocycles. The number of rotatable bonds is 3. The maximum Gasteiger partial charge on any atom is 0.223 e. The van der Waals surface area contributed by atoms with E-state index in [-0.39, 0.29) is 18.0 Å². The van der Waals surface area contributed by atoms with Crippen LogP contribution in [0.1, 0.15) is 48.0 Å². The second-order valence-corrected chi connectivity index (χ2v) is 7.05. The predicted octanol–water partition coefficient (Wildman–Crippen LogP) is 2.85. The van der Waals surface area contributed by atoms with Crippen molar-refractivity contribution >= 4 is 11.6 Å². The van der Waals surface area contributed by atoms with Crippen molar-refractivity contribution in [3.8, 4) is 0 Å². The highest BCUT2D eigenvalue weighted by Gasteiger charge is 2.43. The van der Waals surface area contributed by atoms with Crippen molar-refractivity contribution in [3.63, 3.8) is 0 Å². The summed E-state index contributed by atoms with van der Waals surface area (Å²) in [6.07, 6.45) is 7.68. The first kappa shape index (κ1) is 14.7. The lowest BCUT2D eigenvalue weighted by molar-refractivity contribution is -0.134. The Morgan fingerprint density at radius 3 is 3.16 bits per heavy atom. The van der Waals surface area contributed by atoms with Crippen LogP contribution in [0, 0.1) is 6.92 Å². The number of nitrogens with zero attached hydrogens (tertiary/aromatic N) is 4. The van der Waals surface area contributed by atoms with E-state index in [0.717, 1.165) is 41.9 Å². The normalized spacial score (nSPS) is 21.7. The fourth-order valence-corrected chi connectivity index (χ4v) is 4.39. The minimum atomic E-state index is 0.138. The summed E-state index contributed by atoms with van der Waals surface area (Å²) in [6.45, 7) is 1.99. The second-order valence-electron chi connectivity index (χ2n) is 7.05. The van der Waals surface area contributed by atoms with Crippen LogP contribution < -0.4 is 0 Å². The van der Waals surface area contributed by atoms with E-state index in [2.05, 4.69) is 15.0 Å². The van der Waals surface area contributed by atoms with Crippen LogP contribution in [-0.4, -0.2) is 31.4 Å². The summed E-state index contributed by atoms with van der Waals surface area (Å²) in [5.74, 6) is 1.08. The summed E-state index contributed by atoms with van der Waals surface area (Å²) in [7, 11) is 0. The van der Waals surface area contributed by atoms with Gasteiger partial charge in [-0.3, -0.25) is 4.79 Å². The second kappa shape index (κ2) is 5.44. The molecule has 5 rings (SSSR count). The van der Waals surface area contributed by atoms with Crippen LogP contribution in [0.25, 0.3) is 5.65 Å². The third kappa shape index (κ3) is 2.27. The number of amides is 1. The van der Waals surface area contributed by atoms with Gasteiger partial charge in [0.15, 0.2) is 5.65 Å². The van der Waals surface area contributed by atoms with E-state index in [1.54, 1.807) is 6.26 Å². The first-order valence-electron chi connectivity index (χ1n) is 8.88. The minimum absolute atomic E-state index is 0.138. The molecule has 0 radical (unpaired) electrons. The first-order chi connectivity index (χ1) is 12.2. The van der Waals surface area contributed by atoms with Gasteiger partial charge in [0.05, 0.1) is 23.7 Å². The Balaban J connectivity index is 1.45. The summed E-state index contributed by atoms with van der Waals surface area (Å²) in [4.78, 5) is 19.5. The molecule has 128 valence electrons. The average molecular weight is 336 g/mol. The number of carbonyl (C=O) groups excluding carboxylic acids is 1. The number of hydrogen-bond donors (Lipinski definition) is 0. The van der Waals surface area contributed by atoms with Crippen molar-refractivity contribution in [2.24, 2.45) is 0 Å². The standard InChI is InChI=1S/C19H20N4O2/c1-12-9-18-20-11-15-16-6-4-13(10-17(15)23(18)21-12)22(16)19(24)7-5-14-3-2-8-25-14/h2-3,8-9,11,13,16H,4-7,10H2,1H3/t13-,16+/m1/s1. The van der Waals surface area contributed by atoms with Crippen LogP contribution in [0.5, 0.6) is 0 Å². The van der Waals surface area contributed by atoms with Crippen LogP contribution in [0.4, 0.5) is 0 Å². The number of carbonyl (C=O) groups is 1. The Bertz CT molecular complexity index is 944. The number of fused-ring (bicyclic) bond motifs is 6. The summed E-state index contributed by atoms with van der Waals surface area (Å²) in [6, 6.07) is 6.21. The Labute approximate surface area is 145 Å². The van der Waals surface area contributed by atoms with Crippen LogP contribution in [0.15, 0.2) is 35.1 Å². The van der Waals surface area contributed by atoms with Crippen molar-refractivity contribution in [2.45, 2.75) is 51.1 Å². The fourth-order valence-electron chi connectivity index (χ4n) is 4.39. The Morgan fingerprint density at radius 1 is 1.40 bits per heavy atom. The van der Waals surface area contributed by atoms with Gasteiger partial charge >= 0.3 is 0 Å². The van der Waals surface area contributed by atoms with Crippen LogP contribution in [0.2, 0.25) is 0 Å². The molecule has 6 nitrogen and oxygen atoms in total. The van der Waals surface area contributed by atoms with Gasteiger partial charge in [0.2, 0.25) is 5.91 Å². The number of furan rings is 1. The minimum Gasteiger partial charge on any atom is -0.469 e. The van der Waals surface area contributed by atoms with Crippen molar-refractivity contribution in [1.82, 2.24) is 19.5 Å². The summed E-state index contributed by atoms with van der Waals surface area (Å²) < 4.78 is 7.33. The molecule has 0 spiro atoms. The lowest BCUT2D eigenvalue weighted by Crippen LogP contribution is -2.42. The Morgan fingerprint density at radius 2 is 2.32 bits per heavy atom. The van der Waals surface area contributed by atoms with Crippen molar-refractivity contribution in [3.05, 3.63) is 53.4 Å². The lowest BCUT2D eigenvalue weighted by Gasteiger charge is -2.36. The predicted molar refractivity (Wildman–Crippen MR) is 91.1 cm³/mol. The highest BCUT2D eigenvalue weighted by atomic mass is 16.3. The summed E-state index contributed by atoms with van der Waals surface area (Å²) in [5, 5.41) is 4.60. The molecule has 0 N–H and O–H groups in total. The molecule has 0 aliphatic carbocycles. The monoisotopic (exact) mass is 336 g/mol. The zero-order chi connectivity index (χ0) is 17.0. The largest absolute Gasteiger partial charge is 0.469 e. The maximum absolute atomic E-state index is 12.9. The van der Waals surface area contributed by atoms with E-state index < -0.39 is 0 Å². The molecule has 1 amide bonds. The van der Waals surface area contributed by atoms with Gasteiger partial charge in [0.1, 0.15) is 5.76 Å². The van der Waals surface area contributed by atoms with Crippen LogP contribution in [0.3, 0.4) is 0 Å². The topological polar surface area (TPSA) is 63.6 Å². The maximum atomic E-state index is 12.9. The van der Waals surface area contributed by atoms with Gasteiger partial charge in [-0.2, -0.15) is 5.10 Å². The molecule has 2 bridgehead atoms. The van der Waals surface area contributed by atoms with Crippen LogP contribution >= 0.6 is 0 Å². The van der Waals surface area contributed by atoms with E-state index in [9.17, 15) is 4.79 Å². The van der Waals surface area contributed by atoms with Gasteiger partial charge in [-0.15, -0.1) is 0 Å². The molecule has 2 aliphatic heterocycles. The summed E-state index contributed by atoms with van der Waals surface area (Å²) >= 11 is 0. The van der Waals surface area contributed by atoms with Gasteiger partial charge in [0.25, 0.3) is 0 Å². The SMILES string of the molecule is Cc1cc2ncc3c(n2n1)C[C@H]1CC[C@@H]3N1C(=O)CCc1ccco1. The quantitative estimate of drug-likeness (QED) is 0.738. The average Bonchev–Trinajstić information content (AvgIpc) is 3.31. The summed E-state index contributed by atoms with van der Waals surface area (Å²) in [5.41, 5.74) is 4.26. The number of aryl methyl sites for hydroxylation is 2. The molecule has 2 aliphatic rings. The van der Waals surface area contributed by atoms with Gasteiger partial charge in [-0.05, 0) is 31.9 Å². The van der Waals surface area contributed by atoms with Gasteiger partial charge in [-0.25, -0.2) is 9.50 Å². The fraction of sp³-hybridized carbons (Fsp3) is 0.421. The molecule has 6 heteroatoms. The van der Waals surface area contributed by atoms with Crippen molar-refractivity contribution in [2.75, 3.05) is 0 Å². The van der Waals surface area contributed by atoms with Crippen LogP contribution in [-0.2, 0) is 17.6 Å². The van der Waals surface area contributed by atoms with Crippen molar-refractivity contribution in [1.29, 1.82) is 0 Å². The van der Waals surface area contributed by atoms with Gasteiger partial charge in [0, 0.05) is 43.1 Å². The third-order valence-electron chi connectivity index (χ3n) is 5.48. The highest BCUT2D eigenvalue weighted by molar-refractivity contribution is 5.78. The molecular formula is C19H20N4O2. The smallest absolute Gasteiger partial charge is 0.223 e. The van der Waals surface area contributed by atoms with Gasteiger partial charge < -0.3 is 9.32 Å². The third-order valence-corrected chi connectivity index (χ3v) is 5.48. The van der Waals surface area contributed by atoms with E-state index >= 15 is 0 Å². The van der Waals surface area contributed by atoms with E-state index in [1.807, 2.05) is 35.8 Å². The van der Waals surface area contributed by atoms with E-state index in [4.69, 9.17) is 4.42 Å². The Kier molecular flexibility index (Phi) is 3.20. The first-order valence-corrected chi connectivity index (χ1v) is 8.88. The highest BCUT2D eigenvalue weighted by Crippen LogP contribution is 2.43. The molecule has 1 fully saturated rings. The molecule has 0 unspecified atom stereocenters. The van der Waals surface area contributed by atoms with Gasteiger partial charge in [-0.1, -0.05) is 0 Å². The molecular weight excluding hydrogens is 316 g/mol. The molecule has 25 heavy (non-hydrogen) atoms. The van der Waals surface area contributed by atoms with E-state index in [0.29, 0.717) is 12.8 Å². The molecule has 2 atom stereocenters. The molecule has 3 aromatic rings. The number of aromatic nitrogens is 3.